The number of hydrogen-bond donors (Lipinski definition) is 0. The van der Waals surface area contributed by atoms with Gasteiger partial charge in [-0.15, -0.1) is 0 Å². The van der Waals surface area contributed by atoms with Crippen molar-refractivity contribution in [3.63, 3.8) is 0 Å². The average molecular weight is 700 g/mol. The van der Waals surface area contributed by atoms with Gasteiger partial charge in [-0.1, -0.05) is 158 Å². The van der Waals surface area contributed by atoms with Crippen LogP contribution in [0.4, 0.5) is 0 Å². The van der Waals surface area contributed by atoms with Crippen molar-refractivity contribution in [1.29, 1.82) is 0 Å². The van der Waals surface area contributed by atoms with Crippen LogP contribution in [0.3, 0.4) is 0 Å². The molecule has 3 nitrogen and oxygen atoms in total. The van der Waals surface area contributed by atoms with Crippen LogP contribution in [0.2, 0.25) is 0 Å². The molecule has 11 aromatic rings. The third kappa shape index (κ3) is 5.36. The van der Waals surface area contributed by atoms with Crippen molar-refractivity contribution in [3.05, 3.63) is 200 Å². The van der Waals surface area contributed by atoms with Gasteiger partial charge in [-0.3, -0.25) is 4.57 Å². The molecule has 0 saturated carbocycles. The third-order valence-corrected chi connectivity index (χ3v) is 11.0. The number of benzene rings is 9. The minimum atomic E-state index is 0.655. The Labute approximate surface area is 318 Å². The second kappa shape index (κ2) is 12.6. The molecule has 256 valence electrons. The summed E-state index contributed by atoms with van der Waals surface area (Å²) in [6.45, 7) is 0. The predicted molar refractivity (Wildman–Crippen MR) is 231 cm³/mol. The molecule has 0 bridgehead atoms. The van der Waals surface area contributed by atoms with Gasteiger partial charge in [-0.2, -0.15) is 0 Å². The molecule has 0 atom stereocenters. The van der Waals surface area contributed by atoms with E-state index in [0.717, 1.165) is 33.5 Å². The van der Waals surface area contributed by atoms with Crippen LogP contribution in [0.1, 0.15) is 0 Å². The van der Waals surface area contributed by atoms with Crippen LogP contribution in [0.15, 0.2) is 200 Å². The first-order valence-corrected chi connectivity index (χ1v) is 18.7. The van der Waals surface area contributed by atoms with E-state index in [4.69, 9.17) is 9.97 Å². The zero-order chi connectivity index (χ0) is 36.3. The first kappa shape index (κ1) is 31.2. The van der Waals surface area contributed by atoms with Gasteiger partial charge >= 0.3 is 0 Å². The molecular formula is C52H33N3. The molecule has 0 saturated heterocycles. The fraction of sp³-hybridized carbons (Fsp3) is 0. The topological polar surface area (TPSA) is 30.7 Å². The van der Waals surface area contributed by atoms with Gasteiger partial charge in [0.2, 0.25) is 5.95 Å². The second-order valence-electron chi connectivity index (χ2n) is 14.3. The van der Waals surface area contributed by atoms with Gasteiger partial charge in [0.25, 0.3) is 0 Å². The van der Waals surface area contributed by atoms with Crippen molar-refractivity contribution in [3.8, 4) is 50.7 Å². The number of rotatable bonds is 5. The van der Waals surface area contributed by atoms with Gasteiger partial charge < -0.3 is 0 Å². The van der Waals surface area contributed by atoms with Crippen LogP contribution in [-0.4, -0.2) is 14.5 Å². The minimum absolute atomic E-state index is 0.655. The fourth-order valence-corrected chi connectivity index (χ4v) is 8.21. The molecule has 2 heterocycles. The number of para-hydroxylation sites is 1. The summed E-state index contributed by atoms with van der Waals surface area (Å²) in [4.78, 5) is 10.4. The molecular weight excluding hydrogens is 667 g/mol. The predicted octanol–water partition coefficient (Wildman–Crippen LogP) is 13.7. The smallest absolute Gasteiger partial charge is 0.235 e. The standard InChI is InChI=1S/C52H33N3/c1-3-12-35(13-4-1)47-33-48(36-14-5-2-6-15-36)54-52(53-47)55-49-18-10-9-17-46(49)51-45-27-25-43(32-44(45)26-28-50(51)55)42-24-23-40-30-39(21-22-41(40)31-42)38-20-19-34-11-7-8-16-37(34)29-38/h1-33H. The van der Waals surface area contributed by atoms with Gasteiger partial charge in [-0.25, -0.2) is 9.97 Å². The zero-order valence-corrected chi connectivity index (χ0v) is 29.9. The summed E-state index contributed by atoms with van der Waals surface area (Å²) in [5, 5.41) is 9.78. The number of fused-ring (bicyclic) bond motifs is 7. The third-order valence-electron chi connectivity index (χ3n) is 11.0. The molecule has 0 N–H and O–H groups in total. The maximum atomic E-state index is 5.22. The zero-order valence-electron chi connectivity index (χ0n) is 29.9. The van der Waals surface area contributed by atoms with Crippen LogP contribution in [0.5, 0.6) is 0 Å². The summed E-state index contributed by atoms with van der Waals surface area (Å²) in [6, 6.07) is 71.7. The lowest BCUT2D eigenvalue weighted by Crippen LogP contribution is -2.03. The van der Waals surface area contributed by atoms with Crippen LogP contribution < -0.4 is 0 Å². The Kier molecular flexibility index (Phi) is 7.17. The first-order valence-electron chi connectivity index (χ1n) is 18.7. The maximum Gasteiger partial charge on any atom is 0.235 e. The largest absolute Gasteiger partial charge is 0.278 e. The van der Waals surface area contributed by atoms with Crippen LogP contribution in [0, 0.1) is 0 Å². The van der Waals surface area contributed by atoms with Gasteiger partial charge in [0.15, 0.2) is 0 Å². The molecule has 0 amide bonds. The average Bonchev–Trinajstić information content (AvgIpc) is 3.61. The van der Waals surface area contributed by atoms with Crippen molar-refractivity contribution >= 4 is 54.1 Å². The van der Waals surface area contributed by atoms with Crippen molar-refractivity contribution < 1.29 is 0 Å². The highest BCUT2D eigenvalue weighted by Crippen LogP contribution is 2.39. The molecule has 0 unspecified atom stereocenters. The Bertz CT molecular complexity index is 3190. The van der Waals surface area contributed by atoms with Gasteiger partial charge in [-0.05, 0) is 97.0 Å². The van der Waals surface area contributed by atoms with Gasteiger partial charge in [0.1, 0.15) is 0 Å². The lowest BCUT2D eigenvalue weighted by molar-refractivity contribution is 0.996. The van der Waals surface area contributed by atoms with E-state index < -0.39 is 0 Å². The van der Waals surface area contributed by atoms with E-state index in [1.807, 2.05) is 12.1 Å². The van der Waals surface area contributed by atoms with Crippen molar-refractivity contribution in [2.45, 2.75) is 0 Å². The monoisotopic (exact) mass is 699 g/mol. The Hall–Kier alpha value is -7.36. The van der Waals surface area contributed by atoms with E-state index in [2.05, 4.69) is 193 Å². The van der Waals surface area contributed by atoms with Gasteiger partial charge in [0, 0.05) is 21.9 Å². The first-order chi connectivity index (χ1) is 27.2. The highest BCUT2D eigenvalue weighted by Gasteiger charge is 2.19. The van der Waals surface area contributed by atoms with E-state index in [0.29, 0.717) is 5.95 Å². The molecule has 0 fully saturated rings. The lowest BCUT2D eigenvalue weighted by atomic mass is 9.95. The fourth-order valence-electron chi connectivity index (χ4n) is 8.21. The number of hydrogen-bond acceptors (Lipinski definition) is 2. The molecule has 0 radical (unpaired) electrons. The van der Waals surface area contributed by atoms with Crippen molar-refractivity contribution in [1.82, 2.24) is 14.5 Å². The minimum Gasteiger partial charge on any atom is -0.278 e. The van der Waals surface area contributed by atoms with Crippen LogP contribution in [-0.2, 0) is 0 Å². The number of aromatic nitrogens is 3. The number of nitrogens with zero attached hydrogens (tertiary/aromatic N) is 3. The van der Waals surface area contributed by atoms with Crippen molar-refractivity contribution in [2.24, 2.45) is 0 Å². The van der Waals surface area contributed by atoms with E-state index in [1.165, 1.54) is 65.3 Å². The Balaban J connectivity index is 1.02. The molecule has 0 aliphatic rings. The van der Waals surface area contributed by atoms with Crippen LogP contribution >= 0.6 is 0 Å². The van der Waals surface area contributed by atoms with E-state index in [-0.39, 0.29) is 0 Å². The Morgan fingerprint density at radius 2 is 0.764 bits per heavy atom. The maximum absolute atomic E-state index is 5.22. The summed E-state index contributed by atoms with van der Waals surface area (Å²) in [7, 11) is 0. The second-order valence-corrected chi connectivity index (χ2v) is 14.3. The normalized spacial score (nSPS) is 11.6. The Morgan fingerprint density at radius 3 is 1.40 bits per heavy atom. The van der Waals surface area contributed by atoms with E-state index >= 15 is 0 Å². The van der Waals surface area contributed by atoms with E-state index in [1.54, 1.807) is 0 Å². The summed E-state index contributed by atoms with van der Waals surface area (Å²) >= 11 is 0. The summed E-state index contributed by atoms with van der Waals surface area (Å²) in [6.07, 6.45) is 0. The molecule has 0 aliphatic carbocycles. The summed E-state index contributed by atoms with van der Waals surface area (Å²) < 4.78 is 2.23. The highest BCUT2D eigenvalue weighted by atomic mass is 15.2. The lowest BCUT2D eigenvalue weighted by Gasteiger charge is -2.12. The van der Waals surface area contributed by atoms with Crippen molar-refractivity contribution in [2.75, 3.05) is 0 Å². The van der Waals surface area contributed by atoms with Gasteiger partial charge in [0.05, 0.1) is 22.4 Å². The molecule has 0 aliphatic heterocycles. The molecule has 9 aromatic carbocycles. The molecule has 3 heteroatoms. The molecule has 11 rings (SSSR count). The van der Waals surface area contributed by atoms with E-state index in [9.17, 15) is 0 Å². The quantitative estimate of drug-likeness (QED) is 0.179. The molecule has 2 aromatic heterocycles. The summed E-state index contributed by atoms with van der Waals surface area (Å²) in [5.74, 6) is 0.655. The van der Waals surface area contributed by atoms with Crippen LogP contribution in [0.25, 0.3) is 105 Å². The summed E-state index contributed by atoms with van der Waals surface area (Å²) in [5.41, 5.74) is 10.9. The highest BCUT2D eigenvalue weighted by molar-refractivity contribution is 6.21. The Morgan fingerprint density at radius 1 is 0.291 bits per heavy atom. The molecule has 55 heavy (non-hydrogen) atoms. The molecule has 0 spiro atoms. The SMILES string of the molecule is c1ccc(-c2cc(-c3ccccc3)nc(-n3c4ccccc4c4c5ccc(-c6ccc7cc(-c8ccc9ccccc9c8)ccc7c6)cc5ccc43)n2)cc1.